The molecule has 1 aromatic heterocycles. The molecule has 0 atom stereocenters. The van der Waals surface area contributed by atoms with E-state index in [1.54, 1.807) is 6.07 Å². The quantitative estimate of drug-likeness (QED) is 0.842. The van der Waals surface area contributed by atoms with E-state index in [1.807, 2.05) is 12.1 Å². The first-order valence-electron chi connectivity index (χ1n) is 6.40. The van der Waals surface area contributed by atoms with Gasteiger partial charge >= 0.3 is 0 Å². The summed E-state index contributed by atoms with van der Waals surface area (Å²) in [7, 11) is 0. The summed E-state index contributed by atoms with van der Waals surface area (Å²) in [6, 6.07) is 5.48. The van der Waals surface area contributed by atoms with Crippen LogP contribution in [0.1, 0.15) is 29.6 Å². The van der Waals surface area contributed by atoms with Crippen molar-refractivity contribution in [2.24, 2.45) is 5.92 Å². The molecule has 1 aliphatic rings. The van der Waals surface area contributed by atoms with Gasteiger partial charge in [0.15, 0.2) is 17.8 Å². The molecule has 4 nitrogen and oxygen atoms in total. The summed E-state index contributed by atoms with van der Waals surface area (Å²) in [6.45, 7) is 2.05. The number of carbonyl (C=O) groups is 1. The number of ketones is 1. The molecule has 94 valence electrons. The molecule has 0 saturated carbocycles. The van der Waals surface area contributed by atoms with Crippen molar-refractivity contribution in [3.8, 4) is 0 Å². The minimum Gasteiger partial charge on any atom is -0.443 e. The number of fused-ring (bicyclic) bond motifs is 1. The van der Waals surface area contributed by atoms with Crippen molar-refractivity contribution in [3.05, 3.63) is 30.2 Å². The molecular formula is C14H16N2O2. The number of oxazole rings is 1. The summed E-state index contributed by atoms with van der Waals surface area (Å²) in [5.41, 5.74) is 2.22. The molecular weight excluding hydrogens is 228 g/mol. The SMILES string of the molecule is O=C(CC1CCNCC1)c1ccc2ncoc2c1. The number of nitrogens with zero attached hydrogens (tertiary/aromatic N) is 1. The van der Waals surface area contributed by atoms with Crippen LogP contribution >= 0.6 is 0 Å². The maximum atomic E-state index is 12.2. The molecule has 1 saturated heterocycles. The zero-order chi connectivity index (χ0) is 12.4. The lowest BCUT2D eigenvalue weighted by Crippen LogP contribution is -2.28. The first-order chi connectivity index (χ1) is 8.83. The summed E-state index contributed by atoms with van der Waals surface area (Å²) in [5, 5.41) is 3.31. The molecule has 1 N–H and O–H groups in total. The van der Waals surface area contributed by atoms with Crippen molar-refractivity contribution in [1.82, 2.24) is 10.3 Å². The monoisotopic (exact) mass is 244 g/mol. The van der Waals surface area contributed by atoms with E-state index in [1.165, 1.54) is 6.39 Å². The Morgan fingerprint density at radius 2 is 2.22 bits per heavy atom. The van der Waals surface area contributed by atoms with Crippen LogP contribution in [0.4, 0.5) is 0 Å². The fourth-order valence-electron chi connectivity index (χ4n) is 2.49. The lowest BCUT2D eigenvalue weighted by atomic mass is 9.90. The van der Waals surface area contributed by atoms with E-state index in [0.717, 1.165) is 37.0 Å². The van der Waals surface area contributed by atoms with E-state index in [4.69, 9.17) is 4.42 Å². The highest BCUT2D eigenvalue weighted by Crippen LogP contribution is 2.21. The number of hydrogen-bond acceptors (Lipinski definition) is 4. The van der Waals surface area contributed by atoms with Crippen LogP contribution in [-0.2, 0) is 0 Å². The van der Waals surface area contributed by atoms with Gasteiger partial charge in [0.2, 0.25) is 0 Å². The third kappa shape index (κ3) is 2.29. The molecule has 0 bridgehead atoms. The van der Waals surface area contributed by atoms with Gasteiger partial charge in [-0.15, -0.1) is 0 Å². The minimum absolute atomic E-state index is 0.209. The number of hydrogen-bond donors (Lipinski definition) is 1. The van der Waals surface area contributed by atoms with Crippen LogP contribution < -0.4 is 5.32 Å². The van der Waals surface area contributed by atoms with E-state index in [-0.39, 0.29) is 5.78 Å². The summed E-state index contributed by atoms with van der Waals surface area (Å²) in [4.78, 5) is 16.2. The predicted octanol–water partition coefficient (Wildman–Crippen LogP) is 2.40. The van der Waals surface area contributed by atoms with Gasteiger partial charge in [0.25, 0.3) is 0 Å². The highest BCUT2D eigenvalue weighted by Gasteiger charge is 2.18. The van der Waals surface area contributed by atoms with Gasteiger partial charge in [0.05, 0.1) is 0 Å². The van der Waals surface area contributed by atoms with Crippen molar-refractivity contribution in [2.45, 2.75) is 19.3 Å². The number of carbonyl (C=O) groups excluding carboxylic acids is 1. The number of Topliss-reactive ketones (excluding diaryl/α,β-unsaturated/α-hetero) is 1. The zero-order valence-corrected chi connectivity index (χ0v) is 10.2. The summed E-state index contributed by atoms with van der Waals surface area (Å²) in [5.74, 6) is 0.726. The average molecular weight is 244 g/mol. The minimum atomic E-state index is 0.209. The number of aromatic nitrogens is 1. The number of benzene rings is 1. The van der Waals surface area contributed by atoms with E-state index in [2.05, 4.69) is 10.3 Å². The van der Waals surface area contributed by atoms with Gasteiger partial charge < -0.3 is 9.73 Å². The fourth-order valence-corrected chi connectivity index (χ4v) is 2.49. The molecule has 2 heterocycles. The fraction of sp³-hybridized carbons (Fsp3) is 0.429. The van der Waals surface area contributed by atoms with Crippen LogP contribution in [0, 0.1) is 5.92 Å². The molecule has 1 aromatic carbocycles. The van der Waals surface area contributed by atoms with Crippen LogP contribution in [0.3, 0.4) is 0 Å². The van der Waals surface area contributed by atoms with E-state index in [0.29, 0.717) is 17.9 Å². The molecule has 18 heavy (non-hydrogen) atoms. The van der Waals surface area contributed by atoms with Gasteiger partial charge in [-0.2, -0.15) is 0 Å². The number of nitrogens with one attached hydrogen (secondary N) is 1. The topological polar surface area (TPSA) is 55.1 Å². The average Bonchev–Trinajstić information content (AvgIpc) is 2.87. The molecule has 0 spiro atoms. The third-order valence-electron chi connectivity index (χ3n) is 3.59. The molecule has 0 aliphatic carbocycles. The van der Waals surface area contributed by atoms with E-state index < -0.39 is 0 Å². The number of piperidine rings is 1. The van der Waals surface area contributed by atoms with Crippen molar-refractivity contribution in [2.75, 3.05) is 13.1 Å². The van der Waals surface area contributed by atoms with Gasteiger partial charge in [-0.1, -0.05) is 0 Å². The number of rotatable bonds is 3. The van der Waals surface area contributed by atoms with Gasteiger partial charge in [0, 0.05) is 12.0 Å². The molecule has 0 amide bonds. The highest BCUT2D eigenvalue weighted by molar-refractivity contribution is 5.98. The van der Waals surface area contributed by atoms with Crippen molar-refractivity contribution >= 4 is 16.9 Å². The molecule has 2 aromatic rings. The second-order valence-corrected chi connectivity index (χ2v) is 4.86. The van der Waals surface area contributed by atoms with Crippen LogP contribution in [0.2, 0.25) is 0 Å². The Morgan fingerprint density at radius 3 is 3.06 bits per heavy atom. The maximum absolute atomic E-state index is 12.2. The second-order valence-electron chi connectivity index (χ2n) is 4.86. The Kier molecular flexibility index (Phi) is 3.11. The van der Waals surface area contributed by atoms with Crippen LogP contribution in [0.25, 0.3) is 11.1 Å². The van der Waals surface area contributed by atoms with E-state index in [9.17, 15) is 4.79 Å². The first kappa shape index (κ1) is 11.4. The molecule has 4 heteroatoms. The molecule has 0 unspecified atom stereocenters. The predicted molar refractivity (Wildman–Crippen MR) is 68.6 cm³/mol. The van der Waals surface area contributed by atoms with E-state index >= 15 is 0 Å². The lowest BCUT2D eigenvalue weighted by Gasteiger charge is -2.21. The van der Waals surface area contributed by atoms with Crippen LogP contribution in [0.5, 0.6) is 0 Å². The van der Waals surface area contributed by atoms with Crippen LogP contribution in [0.15, 0.2) is 29.0 Å². The van der Waals surface area contributed by atoms with Crippen molar-refractivity contribution < 1.29 is 9.21 Å². The summed E-state index contributed by atoms with van der Waals surface area (Å²) in [6.07, 6.45) is 4.24. The Hall–Kier alpha value is -1.68. The summed E-state index contributed by atoms with van der Waals surface area (Å²) < 4.78 is 5.23. The van der Waals surface area contributed by atoms with Gasteiger partial charge in [-0.05, 0) is 50.0 Å². The Morgan fingerprint density at radius 1 is 1.39 bits per heavy atom. The largest absolute Gasteiger partial charge is 0.443 e. The van der Waals surface area contributed by atoms with Gasteiger partial charge in [-0.3, -0.25) is 4.79 Å². The summed E-state index contributed by atoms with van der Waals surface area (Å²) >= 11 is 0. The first-order valence-corrected chi connectivity index (χ1v) is 6.40. The van der Waals surface area contributed by atoms with Crippen molar-refractivity contribution in [3.63, 3.8) is 0 Å². The van der Waals surface area contributed by atoms with Crippen molar-refractivity contribution in [1.29, 1.82) is 0 Å². The highest BCUT2D eigenvalue weighted by atomic mass is 16.3. The lowest BCUT2D eigenvalue weighted by molar-refractivity contribution is 0.0952. The Balaban J connectivity index is 1.74. The smallest absolute Gasteiger partial charge is 0.181 e. The molecule has 1 aliphatic heterocycles. The maximum Gasteiger partial charge on any atom is 0.181 e. The molecule has 3 rings (SSSR count). The standard InChI is InChI=1S/C14H16N2O2/c17-13(7-10-3-5-15-6-4-10)11-1-2-12-14(8-11)18-9-16-12/h1-2,8-10,15H,3-7H2. The third-order valence-corrected chi connectivity index (χ3v) is 3.59. The van der Waals surface area contributed by atoms with Gasteiger partial charge in [0.1, 0.15) is 5.52 Å². The van der Waals surface area contributed by atoms with Gasteiger partial charge in [-0.25, -0.2) is 4.98 Å². The Labute approximate surface area is 105 Å². The Bertz CT molecular complexity index is 556. The van der Waals surface area contributed by atoms with Crippen LogP contribution in [-0.4, -0.2) is 23.9 Å². The molecule has 0 radical (unpaired) electrons. The normalized spacial score (nSPS) is 17.1. The molecule has 1 fully saturated rings. The second kappa shape index (κ2) is 4.90. The zero-order valence-electron chi connectivity index (χ0n) is 10.2.